The van der Waals surface area contributed by atoms with Crippen molar-refractivity contribution in [1.29, 1.82) is 0 Å². The molecule has 0 aliphatic rings. The van der Waals surface area contributed by atoms with E-state index in [0.717, 1.165) is 5.02 Å². The van der Waals surface area contributed by atoms with Gasteiger partial charge < -0.3 is 5.32 Å². The highest BCUT2D eigenvalue weighted by atomic mass is 35.5. The number of aryl methyl sites for hydroxylation is 1. The van der Waals surface area contributed by atoms with Gasteiger partial charge in [0.05, 0.1) is 0 Å². The summed E-state index contributed by atoms with van der Waals surface area (Å²) in [4.78, 5) is 0. The van der Waals surface area contributed by atoms with Crippen molar-refractivity contribution in [2.45, 2.75) is 26.8 Å². The number of hydrogen-bond donors (Lipinski definition) is 1. The van der Waals surface area contributed by atoms with Crippen LogP contribution in [0.25, 0.3) is 0 Å². The zero-order valence-corrected chi connectivity index (χ0v) is 10.0. The maximum Gasteiger partial charge on any atom is 0.0409 e. The summed E-state index contributed by atoms with van der Waals surface area (Å²) in [6.45, 7) is 6.54. The lowest BCUT2D eigenvalue weighted by molar-refractivity contribution is 0.441. The van der Waals surface area contributed by atoms with Gasteiger partial charge in [0.15, 0.2) is 0 Å². The molecule has 0 saturated heterocycles. The summed E-state index contributed by atoms with van der Waals surface area (Å²) in [6, 6.07) is 6.45. The summed E-state index contributed by atoms with van der Waals surface area (Å²) in [7, 11) is 1.99. The Balaban J connectivity index is 3.08. The third-order valence-corrected chi connectivity index (χ3v) is 2.79. The molecule has 2 heteroatoms. The Kier molecular flexibility index (Phi) is 3.97. The lowest BCUT2D eigenvalue weighted by Crippen LogP contribution is -2.22. The van der Waals surface area contributed by atoms with Gasteiger partial charge in [-0.3, -0.25) is 0 Å². The topological polar surface area (TPSA) is 12.0 Å². The van der Waals surface area contributed by atoms with Crippen LogP contribution in [0.2, 0.25) is 5.02 Å². The molecule has 1 rings (SSSR count). The molecule has 0 heterocycles. The monoisotopic (exact) mass is 211 g/mol. The molecule has 1 N–H and O–H groups in total. The predicted octanol–water partition coefficient (Wildman–Crippen LogP) is 3.56. The number of nitrogens with one attached hydrogen (secondary N) is 1. The first kappa shape index (κ1) is 11.5. The average molecular weight is 212 g/mol. The molecule has 0 radical (unpaired) electrons. The lowest BCUT2D eigenvalue weighted by atomic mass is 9.93. The van der Waals surface area contributed by atoms with E-state index in [1.165, 1.54) is 11.1 Å². The van der Waals surface area contributed by atoms with Crippen molar-refractivity contribution < 1.29 is 0 Å². The van der Waals surface area contributed by atoms with Crippen LogP contribution in [-0.4, -0.2) is 7.05 Å². The van der Waals surface area contributed by atoms with Crippen molar-refractivity contribution in [2.75, 3.05) is 7.05 Å². The van der Waals surface area contributed by atoms with Crippen molar-refractivity contribution in [1.82, 2.24) is 5.32 Å². The van der Waals surface area contributed by atoms with Gasteiger partial charge in [0, 0.05) is 11.1 Å². The Bertz CT molecular complexity index is 307. The van der Waals surface area contributed by atoms with E-state index < -0.39 is 0 Å². The molecule has 1 aromatic rings. The summed E-state index contributed by atoms with van der Waals surface area (Å²) >= 11 is 5.99. The van der Waals surface area contributed by atoms with Crippen LogP contribution in [0.15, 0.2) is 18.2 Å². The fourth-order valence-electron chi connectivity index (χ4n) is 1.79. The van der Waals surface area contributed by atoms with Crippen molar-refractivity contribution in [2.24, 2.45) is 5.92 Å². The molecule has 0 aliphatic carbocycles. The van der Waals surface area contributed by atoms with Crippen LogP contribution in [0.1, 0.15) is 31.0 Å². The first-order chi connectivity index (χ1) is 6.56. The van der Waals surface area contributed by atoms with E-state index >= 15 is 0 Å². The maximum atomic E-state index is 5.99. The van der Waals surface area contributed by atoms with Crippen molar-refractivity contribution >= 4 is 11.6 Å². The van der Waals surface area contributed by atoms with Gasteiger partial charge >= 0.3 is 0 Å². The van der Waals surface area contributed by atoms with E-state index in [4.69, 9.17) is 11.6 Å². The number of rotatable bonds is 3. The van der Waals surface area contributed by atoms with Crippen LogP contribution >= 0.6 is 11.6 Å². The van der Waals surface area contributed by atoms with Crippen molar-refractivity contribution in [3.63, 3.8) is 0 Å². The van der Waals surface area contributed by atoms with Crippen LogP contribution in [0.3, 0.4) is 0 Å². The fourth-order valence-corrected chi connectivity index (χ4v) is 1.97. The van der Waals surface area contributed by atoms with Crippen LogP contribution in [0.4, 0.5) is 0 Å². The van der Waals surface area contributed by atoms with Crippen molar-refractivity contribution in [3.05, 3.63) is 34.3 Å². The molecule has 1 aromatic carbocycles. The van der Waals surface area contributed by atoms with Crippen LogP contribution in [0, 0.1) is 12.8 Å². The number of hydrogen-bond acceptors (Lipinski definition) is 1. The van der Waals surface area contributed by atoms with Gasteiger partial charge in [0.25, 0.3) is 0 Å². The zero-order chi connectivity index (χ0) is 10.7. The van der Waals surface area contributed by atoms with E-state index in [1.54, 1.807) is 0 Å². The predicted molar refractivity (Wildman–Crippen MR) is 62.8 cm³/mol. The fraction of sp³-hybridized carbons (Fsp3) is 0.500. The lowest BCUT2D eigenvalue weighted by Gasteiger charge is -2.22. The minimum absolute atomic E-state index is 0.383. The summed E-state index contributed by atoms with van der Waals surface area (Å²) < 4.78 is 0. The first-order valence-electron chi connectivity index (χ1n) is 4.99. The molecular formula is C12H18ClN. The summed E-state index contributed by atoms with van der Waals surface area (Å²) in [5.74, 6) is 0.567. The molecule has 78 valence electrons. The van der Waals surface area contributed by atoms with E-state index in [0.29, 0.717) is 12.0 Å². The third kappa shape index (κ3) is 2.49. The molecule has 1 nitrogen and oxygen atoms in total. The second kappa shape index (κ2) is 4.81. The van der Waals surface area contributed by atoms with Crippen LogP contribution in [-0.2, 0) is 0 Å². The molecule has 0 saturated carbocycles. The molecule has 1 unspecified atom stereocenters. The van der Waals surface area contributed by atoms with E-state index in [-0.39, 0.29) is 0 Å². The highest BCUT2D eigenvalue weighted by molar-refractivity contribution is 6.30. The smallest absolute Gasteiger partial charge is 0.0409 e. The average Bonchev–Trinajstić information content (AvgIpc) is 2.11. The second-order valence-electron chi connectivity index (χ2n) is 4.01. The molecule has 0 amide bonds. The first-order valence-corrected chi connectivity index (χ1v) is 5.37. The summed E-state index contributed by atoms with van der Waals surface area (Å²) in [6.07, 6.45) is 0. The largest absolute Gasteiger partial charge is 0.313 e. The molecule has 0 spiro atoms. The number of halogens is 1. The minimum Gasteiger partial charge on any atom is -0.313 e. The summed E-state index contributed by atoms with van der Waals surface area (Å²) in [5.41, 5.74) is 2.59. The van der Waals surface area contributed by atoms with Gasteiger partial charge in [-0.1, -0.05) is 31.5 Å². The number of benzene rings is 1. The minimum atomic E-state index is 0.383. The van der Waals surface area contributed by atoms with Gasteiger partial charge in [-0.15, -0.1) is 0 Å². The van der Waals surface area contributed by atoms with Crippen molar-refractivity contribution in [3.8, 4) is 0 Å². The molecular weight excluding hydrogens is 194 g/mol. The van der Waals surface area contributed by atoms with Gasteiger partial charge in [-0.05, 0) is 43.1 Å². The molecule has 0 bridgehead atoms. The molecule has 14 heavy (non-hydrogen) atoms. The zero-order valence-electron chi connectivity index (χ0n) is 9.26. The van der Waals surface area contributed by atoms with Crippen LogP contribution in [0.5, 0.6) is 0 Å². The second-order valence-corrected chi connectivity index (χ2v) is 4.45. The van der Waals surface area contributed by atoms with Gasteiger partial charge in [0.2, 0.25) is 0 Å². The normalized spacial score (nSPS) is 13.3. The molecule has 0 fully saturated rings. The molecule has 0 aliphatic heterocycles. The van der Waals surface area contributed by atoms with Gasteiger partial charge in [0.1, 0.15) is 0 Å². The molecule has 0 aromatic heterocycles. The summed E-state index contributed by atoms with van der Waals surface area (Å²) in [5, 5.41) is 4.14. The Morgan fingerprint density at radius 3 is 2.43 bits per heavy atom. The van der Waals surface area contributed by atoms with E-state index in [2.05, 4.69) is 38.2 Å². The van der Waals surface area contributed by atoms with E-state index in [9.17, 15) is 0 Å². The Morgan fingerprint density at radius 2 is 1.93 bits per heavy atom. The quantitative estimate of drug-likeness (QED) is 0.806. The van der Waals surface area contributed by atoms with E-state index in [1.807, 2.05) is 13.1 Å². The maximum absolute atomic E-state index is 5.99. The third-order valence-electron chi connectivity index (χ3n) is 2.55. The van der Waals surface area contributed by atoms with Gasteiger partial charge in [-0.2, -0.15) is 0 Å². The van der Waals surface area contributed by atoms with Crippen LogP contribution < -0.4 is 5.32 Å². The Labute approximate surface area is 91.5 Å². The molecule has 1 atom stereocenters. The highest BCUT2D eigenvalue weighted by Crippen LogP contribution is 2.26. The Hall–Kier alpha value is -0.530. The highest BCUT2D eigenvalue weighted by Gasteiger charge is 2.15. The van der Waals surface area contributed by atoms with Gasteiger partial charge in [-0.25, -0.2) is 0 Å². The Morgan fingerprint density at radius 1 is 1.29 bits per heavy atom. The standard InChI is InChI=1S/C12H18ClN/c1-8(2)12(14-4)11-7-10(13)6-5-9(11)3/h5-8,12,14H,1-4H3. The SMILES string of the molecule is CNC(c1cc(Cl)ccc1C)C(C)C.